The fourth-order valence-electron chi connectivity index (χ4n) is 3.05. The van der Waals surface area contributed by atoms with Crippen LogP contribution in [0.5, 0.6) is 0 Å². The van der Waals surface area contributed by atoms with Gasteiger partial charge >= 0.3 is 6.01 Å². The molecule has 4 aromatic rings. The zero-order chi connectivity index (χ0) is 23.4. The van der Waals surface area contributed by atoms with Gasteiger partial charge in [-0.3, -0.25) is 10.1 Å². The van der Waals surface area contributed by atoms with Gasteiger partial charge in [0, 0.05) is 18.7 Å². The highest BCUT2D eigenvalue weighted by Crippen LogP contribution is 2.30. The number of carbonyl (C=O) groups excluding carboxylic acids is 1. The molecule has 2 aromatic carbocycles. The molecular formula is C22H19ClN4O4S2. The van der Waals surface area contributed by atoms with Crippen LogP contribution >= 0.6 is 22.9 Å². The van der Waals surface area contributed by atoms with Gasteiger partial charge in [0.15, 0.2) is 0 Å². The summed E-state index contributed by atoms with van der Waals surface area (Å²) in [5.74, 6) is -0.267. The van der Waals surface area contributed by atoms with E-state index in [2.05, 4.69) is 15.5 Å². The van der Waals surface area contributed by atoms with E-state index in [9.17, 15) is 13.2 Å². The molecule has 0 spiro atoms. The fraction of sp³-hybridized carbons (Fsp3) is 0.136. The number of aromatic nitrogens is 2. The minimum absolute atomic E-state index is 0.0729. The molecule has 2 aromatic heterocycles. The van der Waals surface area contributed by atoms with E-state index in [1.165, 1.54) is 39.9 Å². The zero-order valence-corrected chi connectivity index (χ0v) is 19.8. The number of thiophene rings is 1. The van der Waals surface area contributed by atoms with Gasteiger partial charge < -0.3 is 4.42 Å². The normalized spacial score (nSPS) is 11.6. The molecule has 8 nitrogen and oxygen atoms in total. The average molecular weight is 503 g/mol. The Labute approximate surface area is 199 Å². The second-order valence-electron chi connectivity index (χ2n) is 6.91. The number of nitrogens with one attached hydrogen (secondary N) is 1. The third-order valence-corrected chi connectivity index (χ3v) is 7.89. The smallest absolute Gasteiger partial charge is 0.322 e. The molecule has 0 fully saturated rings. The number of sulfonamides is 1. The summed E-state index contributed by atoms with van der Waals surface area (Å²) >= 11 is 7.18. The van der Waals surface area contributed by atoms with Crippen molar-refractivity contribution < 1.29 is 17.6 Å². The molecule has 0 aliphatic heterocycles. The molecule has 0 aliphatic carbocycles. The molecule has 0 bridgehead atoms. The van der Waals surface area contributed by atoms with Crippen molar-refractivity contribution in [3.63, 3.8) is 0 Å². The van der Waals surface area contributed by atoms with Gasteiger partial charge in [0.1, 0.15) is 0 Å². The van der Waals surface area contributed by atoms with Crippen LogP contribution in [0, 0.1) is 0 Å². The Morgan fingerprint density at radius 2 is 1.79 bits per heavy atom. The van der Waals surface area contributed by atoms with Crippen LogP contribution in [0.3, 0.4) is 0 Å². The van der Waals surface area contributed by atoms with Crippen LogP contribution in [-0.2, 0) is 16.6 Å². The van der Waals surface area contributed by atoms with Crippen molar-refractivity contribution in [2.75, 3.05) is 11.9 Å². The lowest BCUT2D eigenvalue weighted by atomic mass is 10.2. The number of amides is 1. The van der Waals surface area contributed by atoms with E-state index in [1.807, 2.05) is 30.3 Å². The molecule has 0 radical (unpaired) electrons. The van der Waals surface area contributed by atoms with Gasteiger partial charge in [0.2, 0.25) is 10.0 Å². The molecule has 0 unspecified atom stereocenters. The standard InChI is InChI=1S/C22H19ClN4O4S2/c1-2-27(14-15-6-4-3-5-7-15)33(29,30)17-10-8-16(9-11-17)20(28)24-22-26-25-21(31-22)18-12-13-19(23)32-18/h3-13H,2,14H2,1H3,(H,24,26,28). The molecule has 170 valence electrons. The molecule has 33 heavy (non-hydrogen) atoms. The number of benzene rings is 2. The number of nitrogens with zero attached hydrogens (tertiary/aromatic N) is 3. The summed E-state index contributed by atoms with van der Waals surface area (Å²) in [5.41, 5.74) is 1.14. The number of carbonyl (C=O) groups is 1. The topological polar surface area (TPSA) is 105 Å². The molecule has 0 saturated carbocycles. The highest BCUT2D eigenvalue weighted by atomic mass is 35.5. The van der Waals surface area contributed by atoms with Crippen molar-refractivity contribution in [1.82, 2.24) is 14.5 Å². The van der Waals surface area contributed by atoms with Gasteiger partial charge in [-0.15, -0.1) is 16.4 Å². The number of rotatable bonds is 8. The van der Waals surface area contributed by atoms with Crippen LogP contribution < -0.4 is 5.32 Å². The van der Waals surface area contributed by atoms with Crippen LogP contribution in [0.15, 0.2) is 76.0 Å². The third kappa shape index (κ3) is 5.31. The Hall–Kier alpha value is -3.05. The molecule has 11 heteroatoms. The lowest BCUT2D eigenvalue weighted by Gasteiger charge is -2.20. The van der Waals surface area contributed by atoms with Gasteiger partial charge in [0.05, 0.1) is 14.1 Å². The number of hydrogen-bond acceptors (Lipinski definition) is 7. The van der Waals surface area contributed by atoms with Crippen molar-refractivity contribution in [3.05, 3.63) is 82.2 Å². The quantitative estimate of drug-likeness (QED) is 0.367. The maximum Gasteiger partial charge on any atom is 0.322 e. The van der Waals surface area contributed by atoms with Gasteiger partial charge in [-0.1, -0.05) is 54.0 Å². The molecule has 0 atom stereocenters. The fourth-order valence-corrected chi connectivity index (χ4v) is 5.45. The lowest BCUT2D eigenvalue weighted by molar-refractivity contribution is 0.102. The van der Waals surface area contributed by atoms with Crippen molar-refractivity contribution in [2.24, 2.45) is 0 Å². The molecule has 0 aliphatic rings. The molecule has 4 rings (SSSR count). The summed E-state index contributed by atoms with van der Waals surface area (Å²) < 4.78 is 33.5. The summed E-state index contributed by atoms with van der Waals surface area (Å²) in [5, 5.41) is 10.2. The van der Waals surface area contributed by atoms with E-state index >= 15 is 0 Å². The van der Waals surface area contributed by atoms with Crippen molar-refractivity contribution >= 4 is 44.9 Å². The van der Waals surface area contributed by atoms with Gasteiger partial charge in [0.25, 0.3) is 11.8 Å². The van der Waals surface area contributed by atoms with E-state index < -0.39 is 15.9 Å². The molecule has 2 heterocycles. The lowest BCUT2D eigenvalue weighted by Crippen LogP contribution is -2.30. The summed E-state index contributed by atoms with van der Waals surface area (Å²) in [6, 6.07) is 18.4. The van der Waals surface area contributed by atoms with E-state index in [0.29, 0.717) is 15.8 Å². The van der Waals surface area contributed by atoms with E-state index in [4.69, 9.17) is 16.0 Å². The Bertz CT molecular complexity index is 1350. The van der Waals surface area contributed by atoms with Crippen LogP contribution in [0.25, 0.3) is 10.8 Å². The maximum atomic E-state index is 13.1. The summed E-state index contributed by atoms with van der Waals surface area (Å²) in [6.07, 6.45) is 0. The summed E-state index contributed by atoms with van der Waals surface area (Å²) in [7, 11) is -3.72. The molecule has 0 saturated heterocycles. The largest absolute Gasteiger partial charge is 0.402 e. The first-order chi connectivity index (χ1) is 15.9. The molecule has 1 amide bonds. The second kappa shape index (κ2) is 9.84. The minimum Gasteiger partial charge on any atom is -0.402 e. The van der Waals surface area contributed by atoms with Crippen LogP contribution in [0.4, 0.5) is 6.01 Å². The van der Waals surface area contributed by atoms with Crippen LogP contribution in [-0.4, -0.2) is 35.4 Å². The molecular weight excluding hydrogens is 484 g/mol. The predicted octanol–water partition coefficient (Wildman–Crippen LogP) is 4.91. The Balaban J connectivity index is 1.46. The third-order valence-electron chi connectivity index (χ3n) is 4.74. The van der Waals surface area contributed by atoms with Crippen molar-refractivity contribution in [3.8, 4) is 10.8 Å². The first-order valence-corrected chi connectivity index (χ1v) is 12.5. The Morgan fingerprint density at radius 1 is 1.06 bits per heavy atom. The van der Waals surface area contributed by atoms with Crippen LogP contribution in [0.1, 0.15) is 22.8 Å². The number of anilines is 1. The van der Waals surface area contributed by atoms with E-state index in [-0.39, 0.29) is 28.9 Å². The minimum atomic E-state index is -3.72. The SMILES string of the molecule is CCN(Cc1ccccc1)S(=O)(=O)c1ccc(C(=O)Nc2nnc(-c3ccc(Cl)s3)o2)cc1. The summed E-state index contributed by atoms with van der Waals surface area (Å²) in [4.78, 5) is 13.3. The van der Waals surface area contributed by atoms with Crippen molar-refractivity contribution in [2.45, 2.75) is 18.4 Å². The zero-order valence-electron chi connectivity index (χ0n) is 17.4. The first-order valence-electron chi connectivity index (χ1n) is 9.91. The van der Waals surface area contributed by atoms with Crippen LogP contribution in [0.2, 0.25) is 4.34 Å². The number of halogens is 1. The van der Waals surface area contributed by atoms with E-state index in [0.717, 1.165) is 5.56 Å². The Kier molecular flexibility index (Phi) is 6.89. The second-order valence-corrected chi connectivity index (χ2v) is 10.6. The highest BCUT2D eigenvalue weighted by molar-refractivity contribution is 7.89. The average Bonchev–Trinajstić information content (AvgIpc) is 3.47. The summed E-state index contributed by atoms with van der Waals surface area (Å²) in [6.45, 7) is 2.36. The number of hydrogen-bond donors (Lipinski definition) is 1. The maximum absolute atomic E-state index is 13.1. The predicted molar refractivity (Wildman–Crippen MR) is 127 cm³/mol. The Morgan fingerprint density at radius 3 is 2.42 bits per heavy atom. The monoisotopic (exact) mass is 502 g/mol. The molecule has 1 N–H and O–H groups in total. The van der Waals surface area contributed by atoms with E-state index in [1.54, 1.807) is 19.1 Å². The first kappa shape index (κ1) is 23.1. The van der Waals surface area contributed by atoms with Gasteiger partial charge in [-0.05, 0) is 42.0 Å². The van der Waals surface area contributed by atoms with Crippen molar-refractivity contribution in [1.29, 1.82) is 0 Å². The van der Waals surface area contributed by atoms with Gasteiger partial charge in [-0.2, -0.15) is 4.31 Å². The van der Waals surface area contributed by atoms with Gasteiger partial charge in [-0.25, -0.2) is 8.42 Å². The highest BCUT2D eigenvalue weighted by Gasteiger charge is 2.24.